The van der Waals surface area contributed by atoms with E-state index in [-0.39, 0.29) is 5.91 Å². The van der Waals surface area contributed by atoms with Gasteiger partial charge in [-0.3, -0.25) is 9.79 Å². The molecule has 0 fully saturated rings. The maximum absolute atomic E-state index is 11.9. The number of rotatable bonds is 10. The lowest BCUT2D eigenvalue weighted by atomic mass is 10.0. The van der Waals surface area contributed by atoms with Crippen LogP contribution in [0, 0.1) is 12.8 Å². The number of hydrogen-bond acceptors (Lipinski definition) is 3. The molecule has 0 bridgehead atoms. The van der Waals surface area contributed by atoms with Crippen LogP contribution in [0.25, 0.3) is 0 Å². The summed E-state index contributed by atoms with van der Waals surface area (Å²) in [6.07, 6.45) is 5.96. The molecular formula is C19H34N4O2. The zero-order chi connectivity index (χ0) is 18.7. The summed E-state index contributed by atoms with van der Waals surface area (Å²) >= 11 is 0. The Hall–Kier alpha value is -1.98. The highest BCUT2D eigenvalue weighted by atomic mass is 16.3. The Morgan fingerprint density at radius 3 is 2.48 bits per heavy atom. The highest BCUT2D eigenvalue weighted by Crippen LogP contribution is 2.08. The van der Waals surface area contributed by atoms with Gasteiger partial charge in [0.15, 0.2) is 11.7 Å². The Kier molecular flexibility index (Phi) is 9.73. The molecule has 0 aliphatic heterocycles. The van der Waals surface area contributed by atoms with Crippen molar-refractivity contribution in [3.05, 3.63) is 23.7 Å². The Bertz CT molecular complexity index is 537. The summed E-state index contributed by atoms with van der Waals surface area (Å²) in [6.45, 7) is 9.88. The fourth-order valence-corrected chi connectivity index (χ4v) is 2.52. The van der Waals surface area contributed by atoms with Gasteiger partial charge in [-0.25, -0.2) is 0 Å². The molecule has 1 unspecified atom stereocenters. The van der Waals surface area contributed by atoms with E-state index >= 15 is 0 Å². The maximum atomic E-state index is 11.9. The smallest absolute Gasteiger partial charge is 0.287 e. The SMILES string of the molecule is CN=C(NCCCNC(=O)c1occc1C)NC(C)CCCC(C)C. The van der Waals surface area contributed by atoms with Gasteiger partial charge in [0.05, 0.1) is 6.26 Å². The Labute approximate surface area is 151 Å². The lowest BCUT2D eigenvalue weighted by Gasteiger charge is -2.18. The van der Waals surface area contributed by atoms with Gasteiger partial charge in [-0.05, 0) is 38.7 Å². The highest BCUT2D eigenvalue weighted by molar-refractivity contribution is 5.92. The minimum absolute atomic E-state index is 0.163. The lowest BCUT2D eigenvalue weighted by Crippen LogP contribution is -2.43. The van der Waals surface area contributed by atoms with Crippen LogP contribution >= 0.6 is 0 Å². The molecule has 1 amide bonds. The van der Waals surface area contributed by atoms with E-state index in [2.05, 4.69) is 41.7 Å². The van der Waals surface area contributed by atoms with Gasteiger partial charge in [0, 0.05) is 31.7 Å². The molecule has 142 valence electrons. The van der Waals surface area contributed by atoms with Gasteiger partial charge in [0.2, 0.25) is 0 Å². The fourth-order valence-electron chi connectivity index (χ4n) is 2.52. The molecule has 6 nitrogen and oxygen atoms in total. The monoisotopic (exact) mass is 350 g/mol. The zero-order valence-corrected chi connectivity index (χ0v) is 16.3. The topological polar surface area (TPSA) is 78.7 Å². The Balaban J connectivity index is 2.16. The largest absolute Gasteiger partial charge is 0.459 e. The van der Waals surface area contributed by atoms with Crippen LogP contribution in [0.1, 0.15) is 62.6 Å². The molecule has 0 radical (unpaired) electrons. The number of nitrogens with one attached hydrogen (secondary N) is 3. The van der Waals surface area contributed by atoms with E-state index in [4.69, 9.17) is 4.42 Å². The van der Waals surface area contributed by atoms with E-state index in [0.29, 0.717) is 18.3 Å². The van der Waals surface area contributed by atoms with E-state index in [1.54, 1.807) is 13.1 Å². The fraction of sp³-hybridized carbons (Fsp3) is 0.684. The summed E-state index contributed by atoms with van der Waals surface area (Å²) in [5, 5.41) is 9.55. The standard InChI is InChI=1S/C19H34N4O2/c1-14(2)8-6-9-16(4)23-19(20-5)22-12-7-11-21-18(24)17-15(3)10-13-25-17/h10,13-14,16H,6-9,11-12H2,1-5H3,(H,21,24)(H2,20,22,23). The number of aryl methyl sites for hydroxylation is 1. The number of hydrogen-bond donors (Lipinski definition) is 3. The van der Waals surface area contributed by atoms with E-state index in [1.807, 2.05) is 6.92 Å². The van der Waals surface area contributed by atoms with Crippen molar-refractivity contribution < 1.29 is 9.21 Å². The number of aliphatic imine (C=N–C) groups is 1. The van der Waals surface area contributed by atoms with Gasteiger partial charge < -0.3 is 20.4 Å². The van der Waals surface area contributed by atoms with Crippen LogP contribution in [0.3, 0.4) is 0 Å². The molecule has 0 aliphatic carbocycles. The van der Waals surface area contributed by atoms with Crippen molar-refractivity contribution >= 4 is 11.9 Å². The summed E-state index contributed by atoms with van der Waals surface area (Å²) in [6, 6.07) is 2.18. The van der Waals surface area contributed by atoms with Crippen molar-refractivity contribution in [2.45, 2.75) is 59.4 Å². The van der Waals surface area contributed by atoms with Crippen LogP contribution < -0.4 is 16.0 Å². The number of guanidine groups is 1. The van der Waals surface area contributed by atoms with Crippen molar-refractivity contribution in [1.29, 1.82) is 0 Å². The van der Waals surface area contributed by atoms with Gasteiger partial charge in [-0.1, -0.05) is 26.7 Å². The van der Waals surface area contributed by atoms with Crippen molar-refractivity contribution in [2.75, 3.05) is 20.1 Å². The molecule has 1 heterocycles. The van der Waals surface area contributed by atoms with E-state index < -0.39 is 0 Å². The normalized spacial score (nSPS) is 13.0. The Morgan fingerprint density at radius 1 is 1.16 bits per heavy atom. The molecule has 0 aromatic carbocycles. The first kappa shape index (κ1) is 21.1. The van der Waals surface area contributed by atoms with Crippen molar-refractivity contribution in [3.8, 4) is 0 Å². The van der Waals surface area contributed by atoms with E-state index in [1.165, 1.54) is 19.1 Å². The summed E-state index contributed by atoms with van der Waals surface area (Å²) in [4.78, 5) is 16.2. The summed E-state index contributed by atoms with van der Waals surface area (Å²) in [5.41, 5.74) is 0.853. The average Bonchev–Trinajstić information content (AvgIpc) is 2.99. The van der Waals surface area contributed by atoms with Crippen LogP contribution in [-0.4, -0.2) is 38.0 Å². The molecule has 25 heavy (non-hydrogen) atoms. The summed E-state index contributed by atoms with van der Waals surface area (Å²) in [7, 11) is 1.78. The van der Waals surface area contributed by atoms with Crippen LogP contribution in [-0.2, 0) is 0 Å². The first-order valence-corrected chi connectivity index (χ1v) is 9.23. The minimum Gasteiger partial charge on any atom is -0.459 e. The highest BCUT2D eigenvalue weighted by Gasteiger charge is 2.11. The van der Waals surface area contributed by atoms with Crippen LogP contribution in [0.2, 0.25) is 0 Å². The third-order valence-electron chi connectivity index (χ3n) is 4.03. The van der Waals surface area contributed by atoms with Crippen LogP contribution in [0.5, 0.6) is 0 Å². The van der Waals surface area contributed by atoms with Crippen LogP contribution in [0.15, 0.2) is 21.7 Å². The first-order chi connectivity index (χ1) is 11.9. The van der Waals surface area contributed by atoms with Crippen molar-refractivity contribution in [2.24, 2.45) is 10.9 Å². The Morgan fingerprint density at radius 2 is 1.88 bits per heavy atom. The van der Waals surface area contributed by atoms with Gasteiger partial charge in [-0.2, -0.15) is 0 Å². The number of amides is 1. The summed E-state index contributed by atoms with van der Waals surface area (Å²) < 4.78 is 5.17. The third kappa shape index (κ3) is 8.61. The molecular weight excluding hydrogens is 316 g/mol. The molecule has 1 atom stereocenters. The van der Waals surface area contributed by atoms with Gasteiger partial charge in [0.1, 0.15) is 0 Å². The number of furan rings is 1. The van der Waals surface area contributed by atoms with Gasteiger partial charge in [0.25, 0.3) is 5.91 Å². The van der Waals surface area contributed by atoms with Crippen LogP contribution in [0.4, 0.5) is 0 Å². The second kappa shape index (κ2) is 11.6. The van der Waals surface area contributed by atoms with E-state index in [0.717, 1.165) is 36.8 Å². The second-order valence-corrected chi connectivity index (χ2v) is 6.91. The molecule has 1 aromatic rings. The predicted octanol–water partition coefficient (Wildman–Crippen LogP) is 3.09. The average molecular weight is 351 g/mol. The molecule has 0 spiro atoms. The zero-order valence-electron chi connectivity index (χ0n) is 16.3. The van der Waals surface area contributed by atoms with E-state index in [9.17, 15) is 4.79 Å². The molecule has 6 heteroatoms. The molecule has 0 saturated carbocycles. The number of carbonyl (C=O) groups is 1. The lowest BCUT2D eigenvalue weighted by molar-refractivity contribution is 0.0925. The molecule has 0 aliphatic rings. The minimum atomic E-state index is -0.163. The van der Waals surface area contributed by atoms with Crippen molar-refractivity contribution in [3.63, 3.8) is 0 Å². The van der Waals surface area contributed by atoms with Gasteiger partial charge in [-0.15, -0.1) is 0 Å². The maximum Gasteiger partial charge on any atom is 0.287 e. The quantitative estimate of drug-likeness (QED) is 0.344. The summed E-state index contributed by atoms with van der Waals surface area (Å²) in [5.74, 6) is 1.79. The second-order valence-electron chi connectivity index (χ2n) is 6.91. The number of nitrogens with zero attached hydrogens (tertiary/aromatic N) is 1. The third-order valence-corrected chi connectivity index (χ3v) is 4.03. The molecule has 0 saturated heterocycles. The molecule has 1 aromatic heterocycles. The van der Waals surface area contributed by atoms with Crippen molar-refractivity contribution in [1.82, 2.24) is 16.0 Å². The molecule has 3 N–H and O–H groups in total. The molecule has 1 rings (SSSR count). The number of carbonyl (C=O) groups excluding carboxylic acids is 1. The predicted molar refractivity (Wildman–Crippen MR) is 103 cm³/mol. The first-order valence-electron chi connectivity index (χ1n) is 9.23. The van der Waals surface area contributed by atoms with Gasteiger partial charge >= 0.3 is 0 Å².